The Kier molecular flexibility index (Phi) is 5.49. The molecule has 1 atom stereocenters. The second kappa shape index (κ2) is 7.72. The molecule has 0 saturated carbocycles. The van der Waals surface area contributed by atoms with Gasteiger partial charge in [0.1, 0.15) is 17.2 Å². The molecule has 9 nitrogen and oxygen atoms in total. The van der Waals surface area contributed by atoms with Crippen LogP contribution in [-0.4, -0.2) is 38.6 Å². The van der Waals surface area contributed by atoms with Crippen LogP contribution in [0.5, 0.6) is 0 Å². The molecule has 1 unspecified atom stereocenters. The molecule has 0 bridgehead atoms. The van der Waals surface area contributed by atoms with E-state index in [0.29, 0.717) is 27.5 Å². The summed E-state index contributed by atoms with van der Waals surface area (Å²) >= 11 is 0. The van der Waals surface area contributed by atoms with Crippen LogP contribution in [0.1, 0.15) is 19.4 Å². The third-order valence-corrected chi connectivity index (χ3v) is 6.00. The van der Waals surface area contributed by atoms with E-state index in [1.165, 1.54) is 25.3 Å². The Bertz CT molecular complexity index is 1210. The van der Waals surface area contributed by atoms with Crippen LogP contribution in [0.2, 0.25) is 0 Å². The van der Waals surface area contributed by atoms with Crippen molar-refractivity contribution in [3.05, 3.63) is 42.0 Å². The predicted molar refractivity (Wildman–Crippen MR) is 107 cm³/mol. The summed E-state index contributed by atoms with van der Waals surface area (Å²) < 4.78 is 38.5. The van der Waals surface area contributed by atoms with Gasteiger partial charge in [-0.25, -0.2) is 8.42 Å². The highest BCUT2D eigenvalue weighted by Crippen LogP contribution is 2.31. The molecular weight excluding hydrogens is 398 g/mol. The number of furan rings is 1. The third-order valence-electron chi connectivity index (χ3n) is 4.56. The van der Waals surface area contributed by atoms with E-state index in [1.54, 1.807) is 32.0 Å². The van der Waals surface area contributed by atoms with Crippen molar-refractivity contribution in [2.24, 2.45) is 16.8 Å². The molecule has 0 fully saturated rings. The summed E-state index contributed by atoms with van der Waals surface area (Å²) in [4.78, 5) is 11.9. The van der Waals surface area contributed by atoms with Crippen LogP contribution < -0.4 is 10.5 Å². The van der Waals surface area contributed by atoms with E-state index >= 15 is 0 Å². The molecule has 3 rings (SSSR count). The molecular formula is C19H21N3O6S. The molecule has 1 aromatic heterocycles. The number of fused-ring (bicyclic) bond motifs is 3. The first-order valence-electron chi connectivity index (χ1n) is 8.72. The van der Waals surface area contributed by atoms with Gasteiger partial charge < -0.3 is 20.1 Å². The Hall–Kier alpha value is -3.11. The van der Waals surface area contributed by atoms with Gasteiger partial charge in [-0.15, -0.1) is 0 Å². The Morgan fingerprint density at radius 3 is 2.52 bits per heavy atom. The molecule has 0 saturated heterocycles. The number of hydrogen-bond donors (Lipinski definition) is 3. The normalized spacial score (nSPS) is 13.9. The molecule has 29 heavy (non-hydrogen) atoms. The second-order valence-corrected chi connectivity index (χ2v) is 8.54. The molecule has 3 aromatic rings. The number of nitrogens with zero attached hydrogens (tertiary/aromatic N) is 1. The highest BCUT2D eigenvalue weighted by molar-refractivity contribution is 7.89. The minimum atomic E-state index is -3.99. The van der Waals surface area contributed by atoms with E-state index < -0.39 is 22.0 Å². The smallest absolute Gasteiger partial charge is 0.324 e. The van der Waals surface area contributed by atoms with Gasteiger partial charge in [-0.2, -0.15) is 4.72 Å². The van der Waals surface area contributed by atoms with E-state index in [2.05, 4.69) is 9.88 Å². The number of esters is 1. The summed E-state index contributed by atoms with van der Waals surface area (Å²) in [5.74, 6) is -1.02. The molecule has 0 radical (unpaired) electrons. The second-order valence-electron chi connectivity index (χ2n) is 6.82. The van der Waals surface area contributed by atoms with Crippen LogP contribution in [0.4, 0.5) is 0 Å². The number of nitrogens with one attached hydrogen (secondary N) is 1. The van der Waals surface area contributed by atoms with E-state index in [4.69, 9.17) is 20.1 Å². The van der Waals surface area contributed by atoms with E-state index in [0.717, 1.165) is 0 Å². The molecule has 0 aliphatic heterocycles. The van der Waals surface area contributed by atoms with Crippen molar-refractivity contribution in [3.63, 3.8) is 0 Å². The number of nitrogens with two attached hydrogens (primary N) is 1. The first-order chi connectivity index (χ1) is 13.7. The minimum absolute atomic E-state index is 0.0113. The number of methoxy groups -OCH3 is 1. The Morgan fingerprint density at radius 2 is 1.90 bits per heavy atom. The third kappa shape index (κ3) is 3.89. The average Bonchev–Trinajstić information content (AvgIpc) is 3.07. The van der Waals surface area contributed by atoms with Crippen LogP contribution in [-0.2, 0) is 19.6 Å². The monoisotopic (exact) mass is 419 g/mol. The van der Waals surface area contributed by atoms with E-state index in [1.807, 2.05) is 0 Å². The Labute approximate surface area is 167 Å². The summed E-state index contributed by atoms with van der Waals surface area (Å²) in [6.07, 6.45) is 0. The van der Waals surface area contributed by atoms with E-state index in [-0.39, 0.29) is 16.6 Å². The van der Waals surface area contributed by atoms with Crippen LogP contribution in [0.25, 0.3) is 21.9 Å². The standard InChI is InChI=1S/C19H21N3O6S/c1-10(2)17(19(23)27-3)22-29(25,26)12-5-7-15-14(9-12)13-6-4-11(18(20)21-24)8-16(13)28-15/h4-10,17,22,24H,1-3H3,(H2,20,21). The zero-order valence-electron chi connectivity index (χ0n) is 16.0. The van der Waals surface area contributed by atoms with Crippen LogP contribution >= 0.6 is 0 Å². The van der Waals surface area contributed by atoms with Gasteiger partial charge in [0.25, 0.3) is 0 Å². The summed E-state index contributed by atoms with van der Waals surface area (Å²) in [5, 5.41) is 13.0. The summed E-state index contributed by atoms with van der Waals surface area (Å²) in [5.41, 5.74) is 7.00. The molecule has 2 aromatic carbocycles. The first-order valence-corrected chi connectivity index (χ1v) is 10.2. The maximum atomic E-state index is 12.8. The van der Waals surface area contributed by atoms with Gasteiger partial charge in [0.05, 0.1) is 12.0 Å². The van der Waals surface area contributed by atoms with Gasteiger partial charge in [0, 0.05) is 16.3 Å². The van der Waals surface area contributed by atoms with Gasteiger partial charge >= 0.3 is 5.97 Å². The summed E-state index contributed by atoms with van der Waals surface area (Å²) in [7, 11) is -2.78. The number of rotatable bonds is 6. The maximum absolute atomic E-state index is 12.8. The molecule has 10 heteroatoms. The lowest BCUT2D eigenvalue weighted by atomic mass is 10.1. The average molecular weight is 419 g/mol. The van der Waals surface area contributed by atoms with Crippen molar-refractivity contribution >= 4 is 43.8 Å². The number of amidine groups is 1. The van der Waals surface area contributed by atoms with E-state index in [9.17, 15) is 13.2 Å². The van der Waals surface area contributed by atoms with Crippen molar-refractivity contribution in [1.82, 2.24) is 4.72 Å². The highest BCUT2D eigenvalue weighted by atomic mass is 32.2. The highest BCUT2D eigenvalue weighted by Gasteiger charge is 2.29. The minimum Gasteiger partial charge on any atom is -0.468 e. The van der Waals surface area contributed by atoms with Crippen molar-refractivity contribution in [2.75, 3.05) is 7.11 Å². The summed E-state index contributed by atoms with van der Waals surface area (Å²) in [6, 6.07) is 8.33. The largest absolute Gasteiger partial charge is 0.468 e. The van der Waals surface area contributed by atoms with Crippen molar-refractivity contribution in [3.8, 4) is 0 Å². The zero-order valence-corrected chi connectivity index (χ0v) is 16.9. The lowest BCUT2D eigenvalue weighted by Crippen LogP contribution is -2.44. The van der Waals surface area contributed by atoms with Gasteiger partial charge in [-0.3, -0.25) is 4.79 Å². The van der Waals surface area contributed by atoms with Gasteiger partial charge in [0.15, 0.2) is 5.84 Å². The van der Waals surface area contributed by atoms with Gasteiger partial charge in [-0.1, -0.05) is 25.1 Å². The zero-order chi connectivity index (χ0) is 21.3. The molecule has 4 N–H and O–H groups in total. The van der Waals surface area contributed by atoms with Crippen molar-refractivity contribution in [1.29, 1.82) is 0 Å². The quantitative estimate of drug-likeness (QED) is 0.182. The Balaban J connectivity index is 2.06. The number of carbonyl (C=O) groups is 1. The lowest BCUT2D eigenvalue weighted by molar-refractivity contribution is -0.143. The number of carbonyl (C=O) groups excluding carboxylic acids is 1. The fourth-order valence-electron chi connectivity index (χ4n) is 2.96. The molecule has 1 heterocycles. The van der Waals surface area contributed by atoms with Crippen LogP contribution in [0.15, 0.2) is 50.9 Å². The maximum Gasteiger partial charge on any atom is 0.324 e. The predicted octanol–water partition coefficient (Wildman–Crippen LogP) is 2.16. The first kappa shape index (κ1) is 20.6. The number of ether oxygens (including phenoxy) is 1. The molecule has 0 aliphatic carbocycles. The molecule has 154 valence electrons. The number of benzene rings is 2. The number of sulfonamides is 1. The fraction of sp³-hybridized carbons (Fsp3) is 0.263. The fourth-order valence-corrected chi connectivity index (χ4v) is 4.32. The van der Waals surface area contributed by atoms with Gasteiger partial charge in [0.2, 0.25) is 10.0 Å². The van der Waals surface area contributed by atoms with Crippen molar-refractivity contribution in [2.45, 2.75) is 24.8 Å². The van der Waals surface area contributed by atoms with Crippen LogP contribution in [0.3, 0.4) is 0 Å². The Morgan fingerprint density at radius 1 is 1.17 bits per heavy atom. The number of hydrogen-bond acceptors (Lipinski definition) is 7. The number of oxime groups is 1. The topological polar surface area (TPSA) is 144 Å². The van der Waals surface area contributed by atoms with Gasteiger partial charge in [-0.05, 0) is 36.2 Å². The SMILES string of the molecule is COC(=O)C(NS(=O)(=O)c1ccc2oc3cc(C(N)=NO)ccc3c2c1)C(C)C. The lowest BCUT2D eigenvalue weighted by Gasteiger charge is -2.19. The molecule has 0 aliphatic rings. The molecule has 0 spiro atoms. The van der Waals surface area contributed by atoms with Crippen molar-refractivity contribution < 1.29 is 27.6 Å². The summed E-state index contributed by atoms with van der Waals surface area (Å²) in [6.45, 7) is 3.44. The van der Waals surface area contributed by atoms with Crippen LogP contribution in [0, 0.1) is 5.92 Å². The molecule has 0 amide bonds.